The quantitative estimate of drug-likeness (QED) is 0.642. The number of hydrogen-bond acceptors (Lipinski definition) is 4. The third kappa shape index (κ3) is 4.04. The average molecular weight is 188 g/mol. The summed E-state index contributed by atoms with van der Waals surface area (Å²) in [6.45, 7) is 5.41. The molecule has 1 rings (SSSR count). The molecule has 0 saturated carbocycles. The van der Waals surface area contributed by atoms with E-state index >= 15 is 0 Å². The molecule has 0 aromatic carbocycles. The molecule has 1 fully saturated rings. The van der Waals surface area contributed by atoms with Crippen molar-refractivity contribution in [1.29, 1.82) is 0 Å². The summed E-state index contributed by atoms with van der Waals surface area (Å²) in [6, 6.07) is 0. The summed E-state index contributed by atoms with van der Waals surface area (Å²) in [5, 5.41) is 0. The van der Waals surface area contributed by atoms with E-state index in [4.69, 9.17) is 15.2 Å². The minimum absolute atomic E-state index is 0.281. The zero-order valence-electron chi connectivity index (χ0n) is 8.37. The molecule has 1 unspecified atom stereocenters. The molecule has 1 aliphatic rings. The molecule has 0 aromatic rings. The summed E-state index contributed by atoms with van der Waals surface area (Å²) < 4.78 is 10.6. The molecular formula is C9H20N2O2. The zero-order chi connectivity index (χ0) is 9.52. The first-order valence-corrected chi connectivity index (χ1v) is 4.89. The molecule has 4 heteroatoms. The van der Waals surface area contributed by atoms with E-state index in [-0.39, 0.29) is 6.10 Å². The Morgan fingerprint density at radius 2 is 2.15 bits per heavy atom. The van der Waals surface area contributed by atoms with Crippen LogP contribution in [-0.4, -0.2) is 57.5 Å². The molecule has 78 valence electrons. The van der Waals surface area contributed by atoms with Crippen LogP contribution in [0.1, 0.15) is 6.42 Å². The average Bonchev–Trinajstić information content (AvgIpc) is 2.19. The molecule has 1 saturated heterocycles. The van der Waals surface area contributed by atoms with Gasteiger partial charge >= 0.3 is 0 Å². The second kappa shape index (κ2) is 6.32. The number of nitrogens with zero attached hydrogens (tertiary/aromatic N) is 1. The molecule has 0 aliphatic carbocycles. The first kappa shape index (κ1) is 10.9. The van der Waals surface area contributed by atoms with E-state index in [1.54, 1.807) is 7.11 Å². The van der Waals surface area contributed by atoms with Crippen LogP contribution in [0.4, 0.5) is 0 Å². The number of methoxy groups -OCH3 is 1. The molecule has 13 heavy (non-hydrogen) atoms. The largest absolute Gasteiger partial charge is 0.380 e. The molecule has 0 amide bonds. The SMILES string of the molecule is COC(CCN)CN1CCOCC1. The Bertz CT molecular complexity index is 124. The molecule has 1 aliphatic heterocycles. The monoisotopic (exact) mass is 188 g/mol. The van der Waals surface area contributed by atoms with E-state index in [0.717, 1.165) is 39.3 Å². The number of ether oxygens (including phenoxy) is 2. The Kier molecular flexibility index (Phi) is 5.31. The van der Waals surface area contributed by atoms with E-state index in [1.807, 2.05) is 0 Å². The predicted octanol–water partition coefficient (Wildman–Crippen LogP) is -0.318. The van der Waals surface area contributed by atoms with Gasteiger partial charge in [0.15, 0.2) is 0 Å². The van der Waals surface area contributed by atoms with Crippen molar-refractivity contribution in [3.8, 4) is 0 Å². The topological polar surface area (TPSA) is 47.7 Å². The summed E-state index contributed by atoms with van der Waals surface area (Å²) in [5.41, 5.74) is 5.49. The van der Waals surface area contributed by atoms with E-state index < -0.39 is 0 Å². The van der Waals surface area contributed by atoms with E-state index in [1.165, 1.54) is 0 Å². The Hall–Kier alpha value is -0.160. The second-order valence-electron chi connectivity index (χ2n) is 3.35. The lowest BCUT2D eigenvalue weighted by Gasteiger charge is -2.29. The van der Waals surface area contributed by atoms with Gasteiger partial charge in [-0.15, -0.1) is 0 Å². The minimum Gasteiger partial charge on any atom is -0.380 e. The fourth-order valence-corrected chi connectivity index (χ4v) is 1.54. The Morgan fingerprint density at radius 1 is 1.46 bits per heavy atom. The number of morpholine rings is 1. The maximum atomic E-state index is 5.49. The fourth-order valence-electron chi connectivity index (χ4n) is 1.54. The smallest absolute Gasteiger partial charge is 0.0710 e. The highest BCUT2D eigenvalue weighted by atomic mass is 16.5. The van der Waals surface area contributed by atoms with Crippen molar-refractivity contribution in [3.05, 3.63) is 0 Å². The lowest BCUT2D eigenvalue weighted by Crippen LogP contribution is -2.41. The molecule has 0 radical (unpaired) electrons. The van der Waals surface area contributed by atoms with E-state index in [0.29, 0.717) is 6.54 Å². The van der Waals surface area contributed by atoms with Crippen LogP contribution >= 0.6 is 0 Å². The van der Waals surface area contributed by atoms with Crippen LogP contribution in [0.25, 0.3) is 0 Å². The van der Waals surface area contributed by atoms with Crippen molar-refractivity contribution in [2.24, 2.45) is 5.73 Å². The summed E-state index contributed by atoms with van der Waals surface area (Å²) in [6.07, 6.45) is 1.22. The zero-order valence-corrected chi connectivity index (χ0v) is 8.37. The highest BCUT2D eigenvalue weighted by molar-refractivity contribution is 4.68. The second-order valence-corrected chi connectivity index (χ2v) is 3.35. The summed E-state index contributed by atoms with van der Waals surface area (Å²) in [5.74, 6) is 0. The fraction of sp³-hybridized carbons (Fsp3) is 1.00. The Balaban J connectivity index is 2.18. The van der Waals surface area contributed by atoms with Gasteiger partial charge in [0.25, 0.3) is 0 Å². The predicted molar refractivity (Wildman–Crippen MR) is 51.7 cm³/mol. The van der Waals surface area contributed by atoms with Gasteiger partial charge in [-0.3, -0.25) is 4.90 Å². The summed E-state index contributed by atoms with van der Waals surface area (Å²) in [7, 11) is 1.75. The summed E-state index contributed by atoms with van der Waals surface area (Å²) in [4.78, 5) is 2.37. The van der Waals surface area contributed by atoms with Gasteiger partial charge < -0.3 is 15.2 Å². The van der Waals surface area contributed by atoms with Crippen molar-refractivity contribution in [2.75, 3.05) is 46.5 Å². The molecule has 0 bridgehead atoms. The van der Waals surface area contributed by atoms with Gasteiger partial charge in [-0.05, 0) is 13.0 Å². The summed E-state index contributed by atoms with van der Waals surface area (Å²) >= 11 is 0. The van der Waals surface area contributed by atoms with Crippen molar-refractivity contribution in [3.63, 3.8) is 0 Å². The standard InChI is InChI=1S/C9H20N2O2/c1-12-9(2-3-10)8-11-4-6-13-7-5-11/h9H,2-8,10H2,1H3. The van der Waals surface area contributed by atoms with Crippen LogP contribution in [0, 0.1) is 0 Å². The van der Waals surface area contributed by atoms with Crippen molar-refractivity contribution < 1.29 is 9.47 Å². The molecule has 4 nitrogen and oxygen atoms in total. The third-order valence-electron chi connectivity index (χ3n) is 2.39. The highest BCUT2D eigenvalue weighted by Gasteiger charge is 2.15. The highest BCUT2D eigenvalue weighted by Crippen LogP contribution is 2.03. The Morgan fingerprint density at radius 3 is 2.69 bits per heavy atom. The lowest BCUT2D eigenvalue weighted by atomic mass is 10.2. The molecule has 0 aromatic heterocycles. The van der Waals surface area contributed by atoms with Crippen LogP contribution in [0.2, 0.25) is 0 Å². The van der Waals surface area contributed by atoms with Crippen LogP contribution in [0.5, 0.6) is 0 Å². The molecule has 2 N–H and O–H groups in total. The number of nitrogens with two attached hydrogens (primary N) is 1. The number of rotatable bonds is 5. The van der Waals surface area contributed by atoms with Gasteiger partial charge in [0.1, 0.15) is 0 Å². The molecule has 1 heterocycles. The van der Waals surface area contributed by atoms with Crippen molar-refractivity contribution in [1.82, 2.24) is 4.90 Å². The van der Waals surface area contributed by atoms with Gasteiger partial charge in [-0.25, -0.2) is 0 Å². The van der Waals surface area contributed by atoms with Crippen molar-refractivity contribution in [2.45, 2.75) is 12.5 Å². The molecular weight excluding hydrogens is 168 g/mol. The third-order valence-corrected chi connectivity index (χ3v) is 2.39. The van der Waals surface area contributed by atoms with Gasteiger partial charge in [0, 0.05) is 26.7 Å². The van der Waals surface area contributed by atoms with Gasteiger partial charge in [0.05, 0.1) is 19.3 Å². The lowest BCUT2D eigenvalue weighted by molar-refractivity contribution is 0.00140. The number of hydrogen-bond donors (Lipinski definition) is 1. The van der Waals surface area contributed by atoms with Crippen molar-refractivity contribution >= 4 is 0 Å². The molecule has 0 spiro atoms. The normalized spacial score (nSPS) is 21.7. The maximum absolute atomic E-state index is 5.49. The van der Waals surface area contributed by atoms with Gasteiger partial charge in [-0.2, -0.15) is 0 Å². The first-order valence-electron chi connectivity index (χ1n) is 4.89. The maximum Gasteiger partial charge on any atom is 0.0710 e. The van der Waals surface area contributed by atoms with Crippen LogP contribution in [-0.2, 0) is 9.47 Å². The Labute approximate surface area is 80.0 Å². The van der Waals surface area contributed by atoms with Crippen LogP contribution in [0.15, 0.2) is 0 Å². The van der Waals surface area contributed by atoms with E-state index in [2.05, 4.69) is 4.90 Å². The van der Waals surface area contributed by atoms with Gasteiger partial charge in [-0.1, -0.05) is 0 Å². The first-order chi connectivity index (χ1) is 6.36. The molecule has 1 atom stereocenters. The van der Waals surface area contributed by atoms with Crippen LogP contribution < -0.4 is 5.73 Å². The minimum atomic E-state index is 0.281. The van der Waals surface area contributed by atoms with Crippen LogP contribution in [0.3, 0.4) is 0 Å². The van der Waals surface area contributed by atoms with E-state index in [9.17, 15) is 0 Å². The van der Waals surface area contributed by atoms with Gasteiger partial charge in [0.2, 0.25) is 0 Å².